The Bertz CT molecular complexity index is 996. The van der Waals surface area contributed by atoms with E-state index in [1.54, 1.807) is 0 Å². The number of aryl methyl sites for hydroxylation is 1. The highest BCUT2D eigenvalue weighted by atomic mass is 15.2. The summed E-state index contributed by atoms with van der Waals surface area (Å²) in [5, 5.41) is 1.27. The zero-order valence-corrected chi connectivity index (χ0v) is 15.0. The van der Waals surface area contributed by atoms with E-state index in [-0.39, 0.29) is 0 Å². The third kappa shape index (κ3) is 2.74. The highest BCUT2D eigenvalue weighted by Crippen LogP contribution is 2.33. The third-order valence-electron chi connectivity index (χ3n) is 4.80. The van der Waals surface area contributed by atoms with Gasteiger partial charge in [-0.15, -0.1) is 0 Å². The first kappa shape index (κ1) is 15.6. The normalized spacial score (nSPS) is 15.2. The molecule has 1 aliphatic rings. The van der Waals surface area contributed by atoms with Crippen molar-refractivity contribution in [2.24, 2.45) is 7.05 Å². The molecule has 0 bridgehead atoms. The number of fused-ring (bicyclic) bond motifs is 2. The molecule has 2 heterocycles. The molecule has 0 unspecified atom stereocenters. The van der Waals surface area contributed by atoms with Gasteiger partial charge in [-0.3, -0.25) is 0 Å². The van der Waals surface area contributed by atoms with Crippen molar-refractivity contribution in [2.75, 3.05) is 4.90 Å². The predicted octanol–water partition coefficient (Wildman–Crippen LogP) is 4.95. The lowest BCUT2D eigenvalue weighted by atomic mass is 10.0. The van der Waals surface area contributed by atoms with Crippen molar-refractivity contribution in [3.8, 4) is 0 Å². The lowest BCUT2D eigenvalue weighted by Gasteiger charge is -2.34. The van der Waals surface area contributed by atoms with E-state index in [9.17, 15) is 0 Å². The Morgan fingerprint density at radius 1 is 0.920 bits per heavy atom. The highest BCUT2D eigenvalue weighted by Gasteiger charge is 2.20. The van der Waals surface area contributed by atoms with Gasteiger partial charge in [0, 0.05) is 29.6 Å². The van der Waals surface area contributed by atoms with Gasteiger partial charge in [-0.1, -0.05) is 36.4 Å². The van der Waals surface area contributed by atoms with Crippen molar-refractivity contribution in [3.05, 3.63) is 83.7 Å². The van der Waals surface area contributed by atoms with Crippen molar-refractivity contribution in [1.82, 2.24) is 0 Å². The Balaban J connectivity index is 1.89. The van der Waals surface area contributed by atoms with Crippen LogP contribution in [-0.4, -0.2) is 6.04 Å². The standard InChI is InChI=1S/C23H23N2/c1-17(2)25-20(13-12-18-8-4-6-10-22(18)25)16-19-14-15-24(3)23-11-7-5-9-21(19)23/h4-17H,1-3H3/q+1. The number of anilines is 1. The van der Waals surface area contributed by atoms with Crippen molar-refractivity contribution in [2.45, 2.75) is 19.9 Å². The van der Waals surface area contributed by atoms with Crippen molar-refractivity contribution < 1.29 is 4.57 Å². The van der Waals surface area contributed by atoms with Crippen LogP contribution >= 0.6 is 0 Å². The smallest absolute Gasteiger partial charge is 0.212 e. The van der Waals surface area contributed by atoms with Crippen LogP contribution in [-0.2, 0) is 7.05 Å². The molecule has 0 fully saturated rings. The number of nitrogens with zero attached hydrogens (tertiary/aromatic N) is 2. The molecule has 2 aromatic carbocycles. The fourth-order valence-corrected chi connectivity index (χ4v) is 3.61. The monoisotopic (exact) mass is 327 g/mol. The van der Waals surface area contributed by atoms with E-state index in [1.807, 2.05) is 0 Å². The van der Waals surface area contributed by atoms with Gasteiger partial charge in [0.25, 0.3) is 0 Å². The Kier molecular flexibility index (Phi) is 3.89. The van der Waals surface area contributed by atoms with Crippen molar-refractivity contribution in [3.63, 3.8) is 0 Å². The molecule has 1 aliphatic heterocycles. The van der Waals surface area contributed by atoms with E-state index in [1.165, 1.54) is 33.4 Å². The number of hydrogen-bond donors (Lipinski definition) is 0. The zero-order valence-electron chi connectivity index (χ0n) is 15.0. The van der Waals surface area contributed by atoms with Crippen LogP contribution in [0, 0.1) is 0 Å². The van der Waals surface area contributed by atoms with Gasteiger partial charge in [0.15, 0.2) is 6.20 Å². The fourth-order valence-electron chi connectivity index (χ4n) is 3.61. The Morgan fingerprint density at radius 2 is 1.68 bits per heavy atom. The van der Waals surface area contributed by atoms with Crippen LogP contribution in [0.5, 0.6) is 0 Å². The van der Waals surface area contributed by atoms with Crippen LogP contribution in [0.2, 0.25) is 0 Å². The minimum Gasteiger partial charge on any atom is -0.338 e. The Labute approximate surface area is 149 Å². The summed E-state index contributed by atoms with van der Waals surface area (Å²) in [6.07, 6.45) is 8.87. The van der Waals surface area contributed by atoms with E-state index < -0.39 is 0 Å². The second kappa shape index (κ2) is 6.21. The first-order chi connectivity index (χ1) is 12.1. The van der Waals surface area contributed by atoms with E-state index in [2.05, 4.69) is 109 Å². The van der Waals surface area contributed by atoms with Gasteiger partial charge in [0.05, 0.1) is 5.39 Å². The van der Waals surface area contributed by atoms with Crippen molar-refractivity contribution >= 4 is 28.7 Å². The van der Waals surface area contributed by atoms with E-state index in [0.29, 0.717) is 6.04 Å². The minimum absolute atomic E-state index is 0.392. The molecule has 4 rings (SSSR count). The lowest BCUT2D eigenvalue weighted by molar-refractivity contribution is -0.644. The molecule has 1 aromatic heterocycles. The molecule has 0 saturated heterocycles. The molecule has 0 radical (unpaired) electrons. The average molecular weight is 327 g/mol. The van der Waals surface area contributed by atoms with Gasteiger partial charge in [0.1, 0.15) is 7.05 Å². The van der Waals surface area contributed by atoms with Crippen molar-refractivity contribution in [1.29, 1.82) is 0 Å². The van der Waals surface area contributed by atoms with Crippen LogP contribution in [0.1, 0.15) is 25.0 Å². The SMILES string of the molecule is CC(C)N1C(=Cc2cc[n+](C)c3ccccc23)C=Cc2ccccc21. The molecule has 3 aromatic rings. The zero-order chi connectivity index (χ0) is 17.4. The second-order valence-electron chi connectivity index (χ2n) is 6.82. The van der Waals surface area contributed by atoms with Crippen LogP contribution < -0.4 is 9.47 Å². The first-order valence-corrected chi connectivity index (χ1v) is 8.80. The summed E-state index contributed by atoms with van der Waals surface area (Å²) in [6.45, 7) is 4.49. The number of allylic oxidation sites excluding steroid dienone is 1. The van der Waals surface area contributed by atoms with Crippen LogP contribution in [0.15, 0.2) is 72.6 Å². The molecule has 25 heavy (non-hydrogen) atoms. The predicted molar refractivity (Wildman–Crippen MR) is 106 cm³/mol. The summed E-state index contributed by atoms with van der Waals surface area (Å²) < 4.78 is 2.17. The van der Waals surface area contributed by atoms with Gasteiger partial charge in [0.2, 0.25) is 5.52 Å². The molecular weight excluding hydrogens is 304 g/mol. The van der Waals surface area contributed by atoms with Gasteiger partial charge < -0.3 is 4.90 Å². The molecule has 0 amide bonds. The maximum atomic E-state index is 2.41. The van der Waals surface area contributed by atoms with Crippen LogP contribution in [0.4, 0.5) is 5.69 Å². The lowest BCUT2D eigenvalue weighted by Crippen LogP contribution is -2.31. The van der Waals surface area contributed by atoms with E-state index in [0.717, 1.165) is 0 Å². The molecule has 0 N–H and O–H groups in total. The van der Waals surface area contributed by atoms with E-state index >= 15 is 0 Å². The number of aromatic nitrogens is 1. The number of pyridine rings is 1. The molecule has 2 heteroatoms. The quantitative estimate of drug-likeness (QED) is 0.604. The highest BCUT2D eigenvalue weighted by molar-refractivity contribution is 5.88. The average Bonchev–Trinajstić information content (AvgIpc) is 2.63. The summed E-state index contributed by atoms with van der Waals surface area (Å²) in [4.78, 5) is 2.41. The number of para-hydroxylation sites is 2. The maximum absolute atomic E-state index is 2.41. The number of benzene rings is 2. The molecule has 0 atom stereocenters. The van der Waals surface area contributed by atoms with Gasteiger partial charge in [-0.25, -0.2) is 4.57 Å². The fraction of sp³-hybridized carbons (Fsp3) is 0.174. The molecule has 0 spiro atoms. The molecule has 0 saturated carbocycles. The number of hydrogen-bond acceptors (Lipinski definition) is 1. The van der Waals surface area contributed by atoms with Crippen LogP contribution in [0.3, 0.4) is 0 Å². The minimum atomic E-state index is 0.392. The summed E-state index contributed by atoms with van der Waals surface area (Å²) in [5.41, 5.74) is 6.27. The second-order valence-corrected chi connectivity index (χ2v) is 6.82. The first-order valence-electron chi connectivity index (χ1n) is 8.80. The number of rotatable bonds is 2. The molecule has 0 aliphatic carbocycles. The van der Waals surface area contributed by atoms with Gasteiger partial charge in [-0.05, 0) is 49.3 Å². The topological polar surface area (TPSA) is 7.12 Å². The van der Waals surface area contributed by atoms with E-state index in [4.69, 9.17) is 0 Å². The van der Waals surface area contributed by atoms with Crippen LogP contribution in [0.25, 0.3) is 23.1 Å². The largest absolute Gasteiger partial charge is 0.338 e. The molecule has 124 valence electrons. The molecule has 2 nitrogen and oxygen atoms in total. The van der Waals surface area contributed by atoms with Gasteiger partial charge >= 0.3 is 0 Å². The summed E-state index contributed by atoms with van der Waals surface area (Å²) in [6, 6.07) is 19.7. The third-order valence-corrected chi connectivity index (χ3v) is 4.80. The molecular formula is C23H23N2+. The Hall–Kier alpha value is -2.87. The summed E-state index contributed by atoms with van der Waals surface area (Å²) >= 11 is 0. The summed E-state index contributed by atoms with van der Waals surface area (Å²) in [5.74, 6) is 0. The Morgan fingerprint density at radius 3 is 2.52 bits per heavy atom. The van der Waals surface area contributed by atoms with Gasteiger partial charge in [-0.2, -0.15) is 0 Å². The summed E-state index contributed by atoms with van der Waals surface area (Å²) in [7, 11) is 2.09. The maximum Gasteiger partial charge on any atom is 0.212 e.